The highest BCUT2D eigenvalue weighted by Gasteiger charge is 2.33. The van der Waals surface area contributed by atoms with E-state index in [9.17, 15) is 17.6 Å². The minimum Gasteiger partial charge on any atom is -0.207 e. The summed E-state index contributed by atoms with van der Waals surface area (Å²) < 4.78 is 52.1. The van der Waals surface area contributed by atoms with E-state index in [2.05, 4.69) is 0 Å². The fraction of sp³-hybridized carbons (Fsp3) is 0.133. The van der Waals surface area contributed by atoms with Gasteiger partial charge in [0.1, 0.15) is 5.82 Å². The molecule has 2 aromatic rings. The Labute approximate surface area is 113 Å². The van der Waals surface area contributed by atoms with Crippen molar-refractivity contribution in [3.05, 3.63) is 59.4 Å². The SMILES string of the molecule is N#CCc1ccc(-c2ccc(F)cc2)c(C(F)(F)F)c1. The first-order valence-electron chi connectivity index (χ1n) is 5.75. The Hall–Kier alpha value is -2.35. The molecular formula is C15H9F4N. The van der Waals surface area contributed by atoms with Crippen molar-refractivity contribution in [2.24, 2.45) is 0 Å². The number of hydrogen-bond donors (Lipinski definition) is 0. The summed E-state index contributed by atoms with van der Waals surface area (Å²) in [4.78, 5) is 0. The van der Waals surface area contributed by atoms with Crippen LogP contribution in [-0.4, -0.2) is 0 Å². The maximum absolute atomic E-state index is 13.1. The molecule has 1 nitrogen and oxygen atoms in total. The highest BCUT2D eigenvalue weighted by Crippen LogP contribution is 2.37. The predicted molar refractivity (Wildman–Crippen MR) is 66.2 cm³/mol. The summed E-state index contributed by atoms with van der Waals surface area (Å²) in [6.07, 6.45) is -4.62. The molecule has 5 heteroatoms. The van der Waals surface area contributed by atoms with Gasteiger partial charge in [0.25, 0.3) is 0 Å². The smallest absolute Gasteiger partial charge is 0.207 e. The Kier molecular flexibility index (Phi) is 3.75. The van der Waals surface area contributed by atoms with Crippen LogP contribution in [0.2, 0.25) is 0 Å². The zero-order valence-corrected chi connectivity index (χ0v) is 10.2. The quantitative estimate of drug-likeness (QED) is 0.738. The van der Waals surface area contributed by atoms with E-state index in [0.29, 0.717) is 5.56 Å². The lowest BCUT2D eigenvalue weighted by Gasteiger charge is -2.14. The van der Waals surface area contributed by atoms with Gasteiger partial charge < -0.3 is 0 Å². The molecule has 0 N–H and O–H groups in total. The Morgan fingerprint density at radius 3 is 2.20 bits per heavy atom. The number of nitrogens with zero attached hydrogens (tertiary/aromatic N) is 1. The van der Waals surface area contributed by atoms with Crippen LogP contribution in [-0.2, 0) is 12.6 Å². The topological polar surface area (TPSA) is 23.8 Å². The number of nitriles is 1. The second-order valence-electron chi connectivity index (χ2n) is 4.22. The number of benzene rings is 2. The molecule has 2 aromatic carbocycles. The molecule has 2 rings (SSSR count). The van der Waals surface area contributed by atoms with Crippen molar-refractivity contribution < 1.29 is 17.6 Å². The zero-order valence-electron chi connectivity index (χ0n) is 10.2. The van der Waals surface area contributed by atoms with Crippen LogP contribution in [0.5, 0.6) is 0 Å². The van der Waals surface area contributed by atoms with Crippen molar-refractivity contribution in [1.29, 1.82) is 5.26 Å². The average Bonchev–Trinajstić information content (AvgIpc) is 2.39. The molecule has 0 spiro atoms. The molecule has 0 radical (unpaired) electrons. The largest absolute Gasteiger partial charge is 0.417 e. The highest BCUT2D eigenvalue weighted by atomic mass is 19.4. The van der Waals surface area contributed by atoms with Crippen LogP contribution in [0, 0.1) is 17.1 Å². The summed E-state index contributed by atoms with van der Waals surface area (Å²) in [6, 6.07) is 10.4. The number of rotatable bonds is 2. The van der Waals surface area contributed by atoms with Crippen molar-refractivity contribution in [3.63, 3.8) is 0 Å². The van der Waals surface area contributed by atoms with E-state index in [0.717, 1.165) is 18.2 Å². The van der Waals surface area contributed by atoms with Gasteiger partial charge in [-0.25, -0.2) is 4.39 Å². The summed E-state index contributed by atoms with van der Waals surface area (Å²) >= 11 is 0. The minimum absolute atomic E-state index is 0.0285. The van der Waals surface area contributed by atoms with E-state index in [4.69, 9.17) is 5.26 Å². The first-order valence-corrected chi connectivity index (χ1v) is 5.75. The van der Waals surface area contributed by atoms with Gasteiger partial charge in [0.15, 0.2) is 0 Å². The van der Waals surface area contributed by atoms with Crippen molar-refractivity contribution in [3.8, 4) is 17.2 Å². The third-order valence-electron chi connectivity index (χ3n) is 2.83. The molecular weight excluding hydrogens is 270 g/mol. The van der Waals surface area contributed by atoms with E-state index in [1.807, 2.05) is 6.07 Å². The molecule has 0 aliphatic carbocycles. The van der Waals surface area contributed by atoms with Crippen LogP contribution in [0.4, 0.5) is 17.6 Å². The number of alkyl halides is 3. The molecule has 0 atom stereocenters. The monoisotopic (exact) mass is 279 g/mol. The highest BCUT2D eigenvalue weighted by molar-refractivity contribution is 5.68. The van der Waals surface area contributed by atoms with Gasteiger partial charge in [0.2, 0.25) is 0 Å². The number of hydrogen-bond acceptors (Lipinski definition) is 1. The van der Waals surface area contributed by atoms with Gasteiger partial charge in [-0.3, -0.25) is 0 Å². The van der Waals surface area contributed by atoms with Crippen LogP contribution < -0.4 is 0 Å². The molecule has 0 unspecified atom stereocenters. The lowest BCUT2D eigenvalue weighted by molar-refractivity contribution is -0.137. The van der Waals surface area contributed by atoms with Gasteiger partial charge in [-0.05, 0) is 34.9 Å². The maximum atomic E-state index is 13.1. The molecule has 0 aromatic heterocycles. The van der Waals surface area contributed by atoms with E-state index >= 15 is 0 Å². The van der Waals surface area contributed by atoms with Gasteiger partial charge in [0.05, 0.1) is 18.1 Å². The molecule has 0 heterocycles. The minimum atomic E-state index is -4.53. The maximum Gasteiger partial charge on any atom is 0.417 e. The first-order chi connectivity index (χ1) is 9.41. The zero-order chi connectivity index (χ0) is 14.8. The van der Waals surface area contributed by atoms with E-state index in [-0.39, 0.29) is 17.5 Å². The Balaban J connectivity index is 2.58. The molecule has 0 fully saturated rings. The summed E-state index contributed by atoms with van der Waals surface area (Å²) in [7, 11) is 0. The standard InChI is InChI=1S/C15H9F4N/c16-12-4-2-11(3-5-12)13-6-1-10(7-8-20)9-14(13)15(17,18)19/h1-6,9H,7H2. The second-order valence-corrected chi connectivity index (χ2v) is 4.22. The molecule has 0 aliphatic rings. The van der Waals surface area contributed by atoms with E-state index in [1.54, 1.807) is 0 Å². The van der Waals surface area contributed by atoms with Crippen molar-refractivity contribution >= 4 is 0 Å². The van der Waals surface area contributed by atoms with Crippen LogP contribution >= 0.6 is 0 Å². The van der Waals surface area contributed by atoms with E-state index in [1.165, 1.54) is 24.3 Å². The average molecular weight is 279 g/mol. The van der Waals surface area contributed by atoms with Crippen molar-refractivity contribution in [1.82, 2.24) is 0 Å². The van der Waals surface area contributed by atoms with Gasteiger partial charge in [-0.2, -0.15) is 18.4 Å². The van der Waals surface area contributed by atoms with Gasteiger partial charge in [-0.1, -0.05) is 24.3 Å². The van der Waals surface area contributed by atoms with Gasteiger partial charge in [-0.15, -0.1) is 0 Å². The summed E-state index contributed by atoms with van der Waals surface area (Å²) in [5.41, 5.74) is -0.274. The first kappa shape index (κ1) is 14.1. The van der Waals surface area contributed by atoms with Crippen LogP contribution in [0.3, 0.4) is 0 Å². The fourth-order valence-electron chi connectivity index (χ4n) is 1.91. The van der Waals surface area contributed by atoms with Crippen molar-refractivity contribution in [2.45, 2.75) is 12.6 Å². The number of halogens is 4. The fourth-order valence-corrected chi connectivity index (χ4v) is 1.91. The molecule has 0 aliphatic heterocycles. The normalized spacial score (nSPS) is 11.2. The molecule has 0 saturated carbocycles. The third kappa shape index (κ3) is 2.97. The van der Waals surface area contributed by atoms with Crippen LogP contribution in [0.25, 0.3) is 11.1 Å². The van der Waals surface area contributed by atoms with Crippen LogP contribution in [0.15, 0.2) is 42.5 Å². The van der Waals surface area contributed by atoms with Gasteiger partial charge >= 0.3 is 6.18 Å². The summed E-state index contributed by atoms with van der Waals surface area (Å²) in [5.74, 6) is -0.511. The van der Waals surface area contributed by atoms with Gasteiger partial charge in [0, 0.05) is 0 Å². The molecule has 102 valence electrons. The molecule has 0 saturated heterocycles. The predicted octanol–water partition coefficient (Wildman–Crippen LogP) is 4.58. The lowest BCUT2D eigenvalue weighted by atomic mass is 9.96. The molecule has 0 amide bonds. The Morgan fingerprint density at radius 1 is 1.00 bits per heavy atom. The summed E-state index contributed by atoms with van der Waals surface area (Å²) in [6.45, 7) is 0. The molecule has 20 heavy (non-hydrogen) atoms. The van der Waals surface area contributed by atoms with Crippen molar-refractivity contribution in [2.75, 3.05) is 0 Å². The lowest BCUT2D eigenvalue weighted by Crippen LogP contribution is -2.08. The second kappa shape index (κ2) is 5.33. The Bertz CT molecular complexity index is 651. The molecule has 0 bridgehead atoms. The Morgan fingerprint density at radius 2 is 1.65 bits per heavy atom. The summed E-state index contributed by atoms with van der Waals surface area (Å²) in [5, 5.41) is 8.56. The van der Waals surface area contributed by atoms with Crippen LogP contribution in [0.1, 0.15) is 11.1 Å². The van der Waals surface area contributed by atoms with E-state index < -0.39 is 17.6 Å². The third-order valence-corrected chi connectivity index (χ3v) is 2.83.